The summed E-state index contributed by atoms with van der Waals surface area (Å²) in [4.78, 5) is 13.6. The van der Waals surface area contributed by atoms with E-state index in [0.717, 1.165) is 6.54 Å². The third kappa shape index (κ3) is 3.55. The number of carbonyl (C=O) groups is 1. The number of halogens is 1. The zero-order chi connectivity index (χ0) is 13.1. The van der Waals surface area contributed by atoms with Crippen LogP contribution in [0, 0.1) is 0 Å². The number of furan rings is 1. The monoisotopic (exact) mass is 303 g/mol. The van der Waals surface area contributed by atoms with Gasteiger partial charge in [0.05, 0.1) is 0 Å². The molecule has 96 valence electrons. The minimum absolute atomic E-state index is 0.460. The lowest BCUT2D eigenvalue weighted by molar-refractivity contribution is -0.124. The summed E-state index contributed by atoms with van der Waals surface area (Å²) in [6.07, 6.45) is 0. The van der Waals surface area contributed by atoms with Crippen LogP contribution >= 0.6 is 15.9 Å². The molecule has 1 aromatic heterocycles. The maximum absolute atomic E-state index is 11.6. The summed E-state index contributed by atoms with van der Waals surface area (Å²) in [5.41, 5.74) is 4.45. The number of nitrogens with zero attached hydrogens (tertiary/aromatic N) is 1. The van der Waals surface area contributed by atoms with Gasteiger partial charge in [-0.3, -0.25) is 10.1 Å². The molecule has 0 aromatic carbocycles. The van der Waals surface area contributed by atoms with Crippen LogP contribution in [0.25, 0.3) is 0 Å². The maximum Gasteiger partial charge on any atom is 0.245 e. The maximum atomic E-state index is 11.6. The summed E-state index contributed by atoms with van der Waals surface area (Å²) in [5.74, 6) is 0.0498. The molecule has 0 radical (unpaired) electrons. The Morgan fingerprint density at radius 3 is 2.65 bits per heavy atom. The van der Waals surface area contributed by atoms with Crippen LogP contribution in [0.5, 0.6) is 0 Å². The highest BCUT2D eigenvalue weighted by Crippen LogP contribution is 2.25. The Morgan fingerprint density at radius 2 is 2.24 bits per heavy atom. The zero-order valence-corrected chi connectivity index (χ0v) is 11.9. The van der Waals surface area contributed by atoms with Crippen molar-refractivity contribution in [2.75, 3.05) is 27.2 Å². The molecule has 1 rings (SSSR count). The Morgan fingerprint density at radius 1 is 1.59 bits per heavy atom. The second-order valence-electron chi connectivity index (χ2n) is 4.32. The highest BCUT2D eigenvalue weighted by molar-refractivity contribution is 9.10. The van der Waals surface area contributed by atoms with E-state index in [2.05, 4.69) is 21.2 Å². The van der Waals surface area contributed by atoms with Gasteiger partial charge >= 0.3 is 0 Å². The lowest BCUT2D eigenvalue weighted by Crippen LogP contribution is -2.51. The third-order valence-corrected chi connectivity index (χ3v) is 3.02. The average Bonchev–Trinajstić information content (AvgIpc) is 2.64. The van der Waals surface area contributed by atoms with Crippen molar-refractivity contribution in [3.63, 3.8) is 0 Å². The van der Waals surface area contributed by atoms with E-state index in [1.807, 2.05) is 19.0 Å². The summed E-state index contributed by atoms with van der Waals surface area (Å²) in [7, 11) is 3.93. The molecule has 5 nitrogen and oxygen atoms in total. The topological polar surface area (TPSA) is 71.5 Å². The molecule has 1 amide bonds. The lowest BCUT2D eigenvalue weighted by atomic mass is 9.98. The number of hydrogen-bond donors (Lipinski definition) is 2. The molecule has 6 heteroatoms. The first-order chi connectivity index (χ1) is 7.86. The molecule has 0 saturated carbocycles. The van der Waals surface area contributed by atoms with Crippen LogP contribution in [0.2, 0.25) is 0 Å². The molecule has 0 saturated heterocycles. The Kier molecular flexibility index (Phi) is 4.73. The van der Waals surface area contributed by atoms with Crippen LogP contribution in [-0.4, -0.2) is 38.0 Å². The first-order valence-corrected chi connectivity index (χ1v) is 6.11. The van der Waals surface area contributed by atoms with E-state index < -0.39 is 11.4 Å². The van der Waals surface area contributed by atoms with Crippen LogP contribution in [0.1, 0.15) is 12.7 Å². The van der Waals surface area contributed by atoms with Crippen LogP contribution < -0.4 is 11.1 Å². The normalized spacial score (nSPS) is 14.9. The average molecular weight is 304 g/mol. The van der Waals surface area contributed by atoms with Crippen LogP contribution in [0.15, 0.2) is 21.2 Å². The SMILES string of the molecule is CN(C)CCNC(C)(C(N)=O)c1ccc(Br)o1. The Hall–Kier alpha value is -0.850. The van der Waals surface area contributed by atoms with E-state index in [0.29, 0.717) is 17.0 Å². The number of nitrogens with two attached hydrogens (primary N) is 1. The van der Waals surface area contributed by atoms with Gasteiger partial charge in [0.15, 0.2) is 10.2 Å². The zero-order valence-electron chi connectivity index (χ0n) is 10.3. The predicted octanol–water partition coefficient (Wildman–Crippen LogP) is 0.894. The van der Waals surface area contributed by atoms with Gasteiger partial charge < -0.3 is 15.1 Å². The summed E-state index contributed by atoms with van der Waals surface area (Å²) >= 11 is 3.21. The lowest BCUT2D eigenvalue weighted by Gasteiger charge is -2.26. The Labute approximate surface area is 109 Å². The van der Waals surface area contributed by atoms with E-state index in [9.17, 15) is 4.79 Å². The number of hydrogen-bond acceptors (Lipinski definition) is 4. The molecule has 17 heavy (non-hydrogen) atoms. The highest BCUT2D eigenvalue weighted by Gasteiger charge is 2.35. The van der Waals surface area contributed by atoms with Crippen LogP contribution in [0.3, 0.4) is 0 Å². The molecule has 1 heterocycles. The molecule has 0 aliphatic carbocycles. The minimum Gasteiger partial charge on any atom is -0.452 e. The molecule has 1 atom stereocenters. The molecular formula is C11H18BrN3O2. The number of carbonyl (C=O) groups excluding carboxylic acids is 1. The van der Waals surface area contributed by atoms with Crippen molar-refractivity contribution in [1.29, 1.82) is 0 Å². The summed E-state index contributed by atoms with van der Waals surface area (Å²) in [6, 6.07) is 3.47. The molecule has 0 fully saturated rings. The molecule has 0 bridgehead atoms. The van der Waals surface area contributed by atoms with Gasteiger partial charge in [0.2, 0.25) is 5.91 Å². The fourth-order valence-corrected chi connectivity index (χ4v) is 1.71. The van der Waals surface area contributed by atoms with Crippen molar-refractivity contribution in [2.24, 2.45) is 5.73 Å². The molecule has 0 spiro atoms. The fraction of sp³-hybridized carbons (Fsp3) is 0.545. The van der Waals surface area contributed by atoms with Crippen molar-refractivity contribution >= 4 is 21.8 Å². The van der Waals surface area contributed by atoms with Crippen molar-refractivity contribution in [3.8, 4) is 0 Å². The fourth-order valence-electron chi connectivity index (χ4n) is 1.41. The number of rotatable bonds is 6. The third-order valence-electron chi connectivity index (χ3n) is 2.60. The van der Waals surface area contributed by atoms with Crippen molar-refractivity contribution in [1.82, 2.24) is 10.2 Å². The smallest absolute Gasteiger partial charge is 0.245 e. The number of primary amides is 1. The second kappa shape index (κ2) is 5.66. The van der Waals surface area contributed by atoms with Gasteiger partial charge in [-0.2, -0.15) is 0 Å². The van der Waals surface area contributed by atoms with E-state index in [1.54, 1.807) is 19.1 Å². The first kappa shape index (κ1) is 14.2. The first-order valence-electron chi connectivity index (χ1n) is 5.31. The van der Waals surface area contributed by atoms with Crippen molar-refractivity contribution in [3.05, 3.63) is 22.6 Å². The molecule has 3 N–H and O–H groups in total. The number of likely N-dealkylation sites (N-methyl/N-ethyl adjacent to an activating group) is 1. The van der Waals surface area contributed by atoms with Gasteiger partial charge in [-0.25, -0.2) is 0 Å². The molecule has 1 unspecified atom stereocenters. The van der Waals surface area contributed by atoms with E-state index in [4.69, 9.17) is 10.2 Å². The quantitative estimate of drug-likeness (QED) is 0.819. The van der Waals surface area contributed by atoms with Crippen molar-refractivity contribution < 1.29 is 9.21 Å². The predicted molar refractivity (Wildman–Crippen MR) is 69.5 cm³/mol. The van der Waals surface area contributed by atoms with Gasteiger partial charge in [-0.15, -0.1) is 0 Å². The summed E-state index contributed by atoms with van der Waals surface area (Å²) < 4.78 is 5.99. The van der Waals surface area contributed by atoms with Crippen molar-refractivity contribution in [2.45, 2.75) is 12.5 Å². The molecular weight excluding hydrogens is 286 g/mol. The summed E-state index contributed by atoms with van der Waals surface area (Å²) in [6.45, 7) is 3.17. The van der Waals surface area contributed by atoms with Gasteiger partial charge in [0.1, 0.15) is 5.76 Å². The van der Waals surface area contributed by atoms with E-state index in [-0.39, 0.29) is 0 Å². The van der Waals surface area contributed by atoms with Gasteiger partial charge in [0.25, 0.3) is 0 Å². The molecule has 0 aliphatic heterocycles. The second-order valence-corrected chi connectivity index (χ2v) is 5.10. The van der Waals surface area contributed by atoms with Gasteiger partial charge in [-0.05, 0) is 49.1 Å². The largest absolute Gasteiger partial charge is 0.452 e. The standard InChI is InChI=1S/C11H18BrN3O2/c1-11(10(13)16,14-6-7-15(2)3)8-4-5-9(12)17-8/h4-5,14H,6-7H2,1-3H3,(H2,13,16). The Bertz CT molecular complexity index is 392. The highest BCUT2D eigenvalue weighted by atomic mass is 79.9. The Balaban J connectivity index is 2.79. The van der Waals surface area contributed by atoms with Gasteiger partial charge in [0, 0.05) is 13.1 Å². The van der Waals surface area contributed by atoms with Crippen LogP contribution in [-0.2, 0) is 10.3 Å². The van der Waals surface area contributed by atoms with Crippen LogP contribution in [0.4, 0.5) is 0 Å². The summed E-state index contributed by atoms with van der Waals surface area (Å²) in [5, 5.41) is 3.13. The number of amides is 1. The van der Waals surface area contributed by atoms with E-state index in [1.165, 1.54) is 0 Å². The molecule has 0 aliphatic rings. The minimum atomic E-state index is -0.984. The van der Waals surface area contributed by atoms with E-state index >= 15 is 0 Å². The van der Waals surface area contributed by atoms with Gasteiger partial charge in [-0.1, -0.05) is 0 Å². The molecule has 1 aromatic rings. The number of nitrogens with one attached hydrogen (secondary N) is 1.